The highest BCUT2D eigenvalue weighted by molar-refractivity contribution is 5.96. The molecule has 4 nitrogen and oxygen atoms in total. The molecule has 4 rings (SSSR count). The standard InChI is InChI=1S/C23H21N3O/c1-2-19(16-9-4-3-5-10-16)23(27)24-18-12-8-11-17(15-18)22-25-20-13-6-7-14-21(20)26-22/h3-15,19H,2H2,1H3,(H,24,27)(H,25,26)/t19-/m1/s1. The molecule has 134 valence electrons. The Balaban J connectivity index is 1.58. The molecular weight excluding hydrogens is 334 g/mol. The van der Waals surface area contributed by atoms with Crippen molar-refractivity contribution in [3.05, 3.63) is 84.4 Å². The third-order valence-electron chi connectivity index (χ3n) is 4.72. The number of H-pyrrole nitrogens is 1. The smallest absolute Gasteiger partial charge is 0.231 e. The lowest BCUT2D eigenvalue weighted by Crippen LogP contribution is -2.20. The van der Waals surface area contributed by atoms with Gasteiger partial charge in [0, 0.05) is 11.3 Å². The molecule has 0 spiro atoms. The lowest BCUT2D eigenvalue weighted by molar-refractivity contribution is -0.117. The first-order valence-electron chi connectivity index (χ1n) is 9.15. The number of aromatic amines is 1. The Morgan fingerprint density at radius 1 is 1.00 bits per heavy atom. The fourth-order valence-electron chi connectivity index (χ4n) is 3.32. The number of benzene rings is 3. The highest BCUT2D eigenvalue weighted by atomic mass is 16.1. The van der Waals surface area contributed by atoms with Crippen LogP contribution < -0.4 is 5.32 Å². The van der Waals surface area contributed by atoms with Crippen molar-refractivity contribution in [1.82, 2.24) is 9.97 Å². The molecule has 0 saturated carbocycles. The second-order valence-electron chi connectivity index (χ2n) is 6.54. The van der Waals surface area contributed by atoms with Crippen molar-refractivity contribution < 1.29 is 4.79 Å². The second-order valence-corrected chi connectivity index (χ2v) is 6.54. The summed E-state index contributed by atoms with van der Waals surface area (Å²) in [5, 5.41) is 3.05. The summed E-state index contributed by atoms with van der Waals surface area (Å²) in [6.45, 7) is 2.03. The van der Waals surface area contributed by atoms with E-state index in [1.54, 1.807) is 0 Å². The van der Waals surface area contributed by atoms with Crippen molar-refractivity contribution in [3.8, 4) is 11.4 Å². The molecule has 1 heterocycles. The number of hydrogen-bond acceptors (Lipinski definition) is 2. The van der Waals surface area contributed by atoms with Crippen LogP contribution in [0.3, 0.4) is 0 Å². The molecule has 1 aromatic heterocycles. The van der Waals surface area contributed by atoms with E-state index in [0.717, 1.165) is 40.1 Å². The second kappa shape index (κ2) is 7.46. The molecule has 0 aliphatic carbocycles. The first-order chi connectivity index (χ1) is 13.2. The molecule has 1 atom stereocenters. The van der Waals surface area contributed by atoms with Crippen LogP contribution in [0.5, 0.6) is 0 Å². The Kier molecular flexibility index (Phi) is 4.71. The van der Waals surface area contributed by atoms with Gasteiger partial charge in [0.05, 0.1) is 17.0 Å². The number of carbonyl (C=O) groups is 1. The van der Waals surface area contributed by atoms with Gasteiger partial charge in [0.25, 0.3) is 0 Å². The summed E-state index contributed by atoms with van der Waals surface area (Å²) in [5.74, 6) is 0.633. The number of hydrogen-bond donors (Lipinski definition) is 2. The maximum absolute atomic E-state index is 12.8. The van der Waals surface area contributed by atoms with E-state index < -0.39 is 0 Å². The van der Waals surface area contributed by atoms with Crippen molar-refractivity contribution in [2.24, 2.45) is 0 Å². The molecule has 4 heteroatoms. The molecule has 3 aromatic carbocycles. The molecule has 0 radical (unpaired) electrons. The van der Waals surface area contributed by atoms with Crippen molar-refractivity contribution in [3.63, 3.8) is 0 Å². The Morgan fingerprint density at radius 3 is 2.56 bits per heavy atom. The largest absolute Gasteiger partial charge is 0.338 e. The van der Waals surface area contributed by atoms with Crippen LogP contribution in [0.25, 0.3) is 22.4 Å². The van der Waals surface area contributed by atoms with Gasteiger partial charge in [-0.3, -0.25) is 4.79 Å². The number of para-hydroxylation sites is 2. The van der Waals surface area contributed by atoms with Gasteiger partial charge in [-0.25, -0.2) is 4.98 Å². The summed E-state index contributed by atoms with van der Waals surface area (Å²) in [6.07, 6.45) is 0.749. The van der Waals surface area contributed by atoms with Gasteiger partial charge in [-0.2, -0.15) is 0 Å². The Hall–Kier alpha value is -3.40. The van der Waals surface area contributed by atoms with Gasteiger partial charge in [-0.1, -0.05) is 61.5 Å². The Bertz CT molecular complexity index is 1040. The van der Waals surface area contributed by atoms with E-state index in [9.17, 15) is 4.79 Å². The van der Waals surface area contributed by atoms with Gasteiger partial charge >= 0.3 is 0 Å². The fraction of sp³-hybridized carbons (Fsp3) is 0.130. The number of rotatable bonds is 5. The predicted octanol–water partition coefficient (Wildman–Crippen LogP) is 5.36. The van der Waals surface area contributed by atoms with Gasteiger partial charge in [0.15, 0.2) is 0 Å². The maximum Gasteiger partial charge on any atom is 0.231 e. The Morgan fingerprint density at radius 2 is 1.78 bits per heavy atom. The summed E-state index contributed by atoms with van der Waals surface area (Å²) >= 11 is 0. The van der Waals surface area contributed by atoms with E-state index in [-0.39, 0.29) is 11.8 Å². The zero-order valence-electron chi connectivity index (χ0n) is 15.1. The molecule has 0 aliphatic heterocycles. The van der Waals surface area contributed by atoms with E-state index >= 15 is 0 Å². The monoisotopic (exact) mass is 355 g/mol. The molecular formula is C23H21N3O. The van der Waals surface area contributed by atoms with Crippen molar-refractivity contribution in [2.75, 3.05) is 5.32 Å². The average Bonchev–Trinajstić information content (AvgIpc) is 3.14. The Labute approximate surface area is 158 Å². The highest BCUT2D eigenvalue weighted by Gasteiger charge is 2.18. The first kappa shape index (κ1) is 17.0. The first-order valence-corrected chi connectivity index (χ1v) is 9.15. The highest BCUT2D eigenvalue weighted by Crippen LogP contribution is 2.25. The van der Waals surface area contributed by atoms with Gasteiger partial charge in [0.2, 0.25) is 5.91 Å². The van der Waals surface area contributed by atoms with Crippen LogP contribution in [0.1, 0.15) is 24.8 Å². The van der Waals surface area contributed by atoms with E-state index in [1.165, 1.54) is 0 Å². The minimum atomic E-state index is -0.166. The van der Waals surface area contributed by atoms with Crippen LogP contribution >= 0.6 is 0 Å². The number of nitrogens with zero attached hydrogens (tertiary/aromatic N) is 1. The predicted molar refractivity (Wildman–Crippen MR) is 110 cm³/mol. The van der Waals surface area contributed by atoms with Crippen molar-refractivity contribution in [2.45, 2.75) is 19.3 Å². The molecule has 1 amide bonds. The summed E-state index contributed by atoms with van der Waals surface area (Å²) < 4.78 is 0. The minimum Gasteiger partial charge on any atom is -0.338 e. The molecule has 4 aromatic rings. The van der Waals surface area contributed by atoms with E-state index in [0.29, 0.717) is 0 Å². The summed E-state index contributed by atoms with van der Waals surface area (Å²) in [6, 6.07) is 25.6. The molecule has 0 aliphatic rings. The van der Waals surface area contributed by atoms with Crippen LogP contribution in [0.2, 0.25) is 0 Å². The number of anilines is 1. The zero-order valence-corrected chi connectivity index (χ0v) is 15.1. The van der Waals surface area contributed by atoms with Crippen LogP contribution in [-0.4, -0.2) is 15.9 Å². The van der Waals surface area contributed by atoms with Crippen molar-refractivity contribution in [1.29, 1.82) is 0 Å². The summed E-state index contributed by atoms with van der Waals surface area (Å²) in [4.78, 5) is 20.8. The molecule has 0 unspecified atom stereocenters. The summed E-state index contributed by atoms with van der Waals surface area (Å²) in [5.41, 5.74) is 4.67. The number of imidazole rings is 1. The van der Waals surface area contributed by atoms with Gasteiger partial charge < -0.3 is 10.3 Å². The zero-order chi connectivity index (χ0) is 18.6. The van der Waals surface area contributed by atoms with Gasteiger partial charge in [0.1, 0.15) is 5.82 Å². The number of nitrogens with one attached hydrogen (secondary N) is 2. The maximum atomic E-state index is 12.8. The van der Waals surface area contributed by atoms with Crippen LogP contribution in [-0.2, 0) is 4.79 Å². The lowest BCUT2D eigenvalue weighted by Gasteiger charge is -2.15. The number of fused-ring (bicyclic) bond motifs is 1. The molecule has 27 heavy (non-hydrogen) atoms. The third kappa shape index (κ3) is 3.60. The SMILES string of the molecule is CC[C@@H](C(=O)Nc1cccc(-c2nc3ccccc3[nH]2)c1)c1ccccc1. The molecule has 0 fully saturated rings. The average molecular weight is 355 g/mol. The van der Waals surface area contributed by atoms with Crippen LogP contribution in [0.15, 0.2) is 78.9 Å². The summed E-state index contributed by atoms with van der Waals surface area (Å²) in [7, 11) is 0. The van der Waals surface area contributed by atoms with Crippen LogP contribution in [0, 0.1) is 0 Å². The van der Waals surface area contributed by atoms with Gasteiger partial charge in [-0.05, 0) is 36.2 Å². The molecule has 0 saturated heterocycles. The van der Waals surface area contributed by atoms with E-state index in [4.69, 9.17) is 0 Å². The van der Waals surface area contributed by atoms with Crippen LogP contribution in [0.4, 0.5) is 5.69 Å². The molecule has 2 N–H and O–H groups in total. The lowest BCUT2D eigenvalue weighted by atomic mass is 9.95. The molecule has 0 bridgehead atoms. The van der Waals surface area contributed by atoms with Crippen molar-refractivity contribution >= 4 is 22.6 Å². The topological polar surface area (TPSA) is 57.8 Å². The fourth-order valence-corrected chi connectivity index (χ4v) is 3.32. The number of carbonyl (C=O) groups excluding carboxylic acids is 1. The number of aromatic nitrogens is 2. The van der Waals surface area contributed by atoms with E-state index in [2.05, 4.69) is 15.3 Å². The number of amides is 1. The minimum absolute atomic E-state index is 0.00505. The normalized spacial score (nSPS) is 12.0. The quantitative estimate of drug-likeness (QED) is 0.506. The van der Waals surface area contributed by atoms with Gasteiger partial charge in [-0.15, -0.1) is 0 Å². The third-order valence-corrected chi connectivity index (χ3v) is 4.72. The van der Waals surface area contributed by atoms with E-state index in [1.807, 2.05) is 85.8 Å².